The summed E-state index contributed by atoms with van der Waals surface area (Å²) < 4.78 is 0. The number of amides is 2. The summed E-state index contributed by atoms with van der Waals surface area (Å²) in [6.07, 6.45) is 1.54. The van der Waals surface area contributed by atoms with Crippen molar-refractivity contribution in [1.29, 1.82) is 0 Å². The van der Waals surface area contributed by atoms with Crippen molar-refractivity contribution < 1.29 is 14.5 Å². The molecule has 1 fully saturated rings. The van der Waals surface area contributed by atoms with Gasteiger partial charge in [-0.15, -0.1) is 6.58 Å². The molecule has 1 aliphatic heterocycles. The lowest BCUT2D eigenvalue weighted by atomic mass is 10.1. The fourth-order valence-corrected chi connectivity index (χ4v) is 2.61. The first-order chi connectivity index (χ1) is 11.4. The summed E-state index contributed by atoms with van der Waals surface area (Å²) in [4.78, 5) is 37.8. The Morgan fingerprint density at radius 3 is 2.54 bits per heavy atom. The molecule has 2 amide bonds. The van der Waals surface area contributed by atoms with Crippen LogP contribution in [-0.2, 0) is 4.79 Å². The van der Waals surface area contributed by atoms with Gasteiger partial charge in [0.25, 0.3) is 11.6 Å². The van der Waals surface area contributed by atoms with Gasteiger partial charge in [0.05, 0.1) is 4.92 Å². The molecule has 0 radical (unpaired) electrons. The predicted molar refractivity (Wildman–Crippen MR) is 90.1 cm³/mol. The van der Waals surface area contributed by atoms with Crippen LogP contribution in [-0.4, -0.2) is 54.4 Å². The SMILES string of the molecule is C=CCNC(=O)c1ccc(N2CCN(C(C)=O)CC2)c([N+](=O)[O-])c1. The number of hydrogen-bond donors (Lipinski definition) is 1. The van der Waals surface area contributed by atoms with E-state index in [1.54, 1.807) is 17.0 Å². The van der Waals surface area contributed by atoms with E-state index in [4.69, 9.17) is 0 Å². The summed E-state index contributed by atoms with van der Waals surface area (Å²) in [6.45, 7) is 7.39. The first kappa shape index (κ1) is 17.5. The molecule has 0 aliphatic carbocycles. The van der Waals surface area contributed by atoms with E-state index in [0.29, 0.717) is 38.4 Å². The fraction of sp³-hybridized carbons (Fsp3) is 0.375. The monoisotopic (exact) mass is 332 g/mol. The Kier molecular flexibility index (Phi) is 5.51. The fourth-order valence-electron chi connectivity index (χ4n) is 2.61. The van der Waals surface area contributed by atoms with E-state index in [-0.39, 0.29) is 23.1 Å². The maximum absolute atomic E-state index is 11.9. The van der Waals surface area contributed by atoms with Gasteiger partial charge in [-0.3, -0.25) is 19.7 Å². The largest absolute Gasteiger partial charge is 0.362 e. The third kappa shape index (κ3) is 3.89. The van der Waals surface area contributed by atoms with E-state index < -0.39 is 4.92 Å². The minimum Gasteiger partial charge on any atom is -0.362 e. The average molecular weight is 332 g/mol. The number of nitro benzene ring substituents is 1. The van der Waals surface area contributed by atoms with Crippen molar-refractivity contribution in [3.05, 3.63) is 46.5 Å². The summed E-state index contributed by atoms with van der Waals surface area (Å²) in [5.74, 6) is -0.385. The molecule has 0 spiro atoms. The van der Waals surface area contributed by atoms with Crippen LogP contribution in [0.5, 0.6) is 0 Å². The summed E-state index contributed by atoms with van der Waals surface area (Å²) in [5.41, 5.74) is 0.579. The third-order valence-corrected chi connectivity index (χ3v) is 3.91. The van der Waals surface area contributed by atoms with Gasteiger partial charge in [-0.2, -0.15) is 0 Å². The number of benzene rings is 1. The quantitative estimate of drug-likeness (QED) is 0.496. The van der Waals surface area contributed by atoms with Crippen LogP contribution in [0.2, 0.25) is 0 Å². The molecule has 24 heavy (non-hydrogen) atoms. The van der Waals surface area contributed by atoms with Crippen LogP contribution >= 0.6 is 0 Å². The molecule has 8 heteroatoms. The van der Waals surface area contributed by atoms with Crippen molar-refractivity contribution in [3.8, 4) is 0 Å². The first-order valence-corrected chi connectivity index (χ1v) is 7.62. The van der Waals surface area contributed by atoms with Gasteiger partial charge >= 0.3 is 0 Å². The average Bonchev–Trinajstić information content (AvgIpc) is 2.59. The number of nitro groups is 1. The molecule has 0 atom stereocenters. The molecule has 0 aromatic heterocycles. The number of rotatable bonds is 5. The minimum absolute atomic E-state index is 0.00149. The van der Waals surface area contributed by atoms with Gasteiger partial charge < -0.3 is 15.1 Å². The van der Waals surface area contributed by atoms with Gasteiger partial charge in [0.15, 0.2) is 0 Å². The van der Waals surface area contributed by atoms with Gasteiger partial charge in [0, 0.05) is 51.3 Å². The van der Waals surface area contributed by atoms with E-state index >= 15 is 0 Å². The highest BCUT2D eigenvalue weighted by atomic mass is 16.6. The lowest BCUT2D eigenvalue weighted by Gasteiger charge is -2.35. The highest BCUT2D eigenvalue weighted by Gasteiger charge is 2.25. The first-order valence-electron chi connectivity index (χ1n) is 7.62. The van der Waals surface area contributed by atoms with E-state index in [9.17, 15) is 19.7 Å². The molecule has 1 aliphatic rings. The summed E-state index contributed by atoms with van der Waals surface area (Å²) in [7, 11) is 0. The highest BCUT2D eigenvalue weighted by molar-refractivity contribution is 5.95. The van der Waals surface area contributed by atoms with Crippen LogP contribution in [0.1, 0.15) is 17.3 Å². The molecule has 1 saturated heterocycles. The second-order valence-electron chi connectivity index (χ2n) is 5.45. The molecule has 1 heterocycles. The zero-order valence-corrected chi connectivity index (χ0v) is 13.5. The molecular weight excluding hydrogens is 312 g/mol. The molecule has 128 valence electrons. The number of carbonyl (C=O) groups excluding carboxylic acids is 2. The maximum Gasteiger partial charge on any atom is 0.293 e. The number of hydrogen-bond acceptors (Lipinski definition) is 5. The van der Waals surface area contributed by atoms with Crippen LogP contribution < -0.4 is 10.2 Å². The normalized spacial score (nSPS) is 14.2. The Hall–Kier alpha value is -2.90. The Bertz CT molecular complexity index is 666. The standard InChI is InChI=1S/C16H20N4O4/c1-3-6-17-16(22)13-4-5-14(15(11-13)20(23)24)19-9-7-18(8-10-19)12(2)21/h3-5,11H,1,6-10H2,2H3,(H,17,22). The lowest BCUT2D eigenvalue weighted by Crippen LogP contribution is -2.48. The van der Waals surface area contributed by atoms with Gasteiger partial charge in [-0.25, -0.2) is 0 Å². The van der Waals surface area contributed by atoms with Crippen molar-refractivity contribution >= 4 is 23.2 Å². The molecule has 1 aromatic carbocycles. The van der Waals surface area contributed by atoms with Crippen LogP contribution in [0.3, 0.4) is 0 Å². The molecule has 1 aromatic rings. The Balaban J connectivity index is 2.21. The number of nitrogens with zero attached hydrogens (tertiary/aromatic N) is 3. The molecule has 0 unspecified atom stereocenters. The summed E-state index contributed by atoms with van der Waals surface area (Å²) >= 11 is 0. The van der Waals surface area contributed by atoms with Gasteiger partial charge in [-0.1, -0.05) is 6.08 Å². The van der Waals surface area contributed by atoms with Crippen LogP contribution in [0.15, 0.2) is 30.9 Å². The topological polar surface area (TPSA) is 95.8 Å². The number of carbonyl (C=O) groups is 2. The zero-order chi connectivity index (χ0) is 17.7. The molecule has 0 bridgehead atoms. The van der Waals surface area contributed by atoms with Crippen molar-refractivity contribution in [3.63, 3.8) is 0 Å². The highest BCUT2D eigenvalue weighted by Crippen LogP contribution is 2.30. The van der Waals surface area contributed by atoms with Gasteiger partial charge in [-0.05, 0) is 12.1 Å². The van der Waals surface area contributed by atoms with E-state index in [1.807, 2.05) is 4.90 Å². The Labute approximate surface area is 139 Å². The smallest absolute Gasteiger partial charge is 0.293 e. The molecule has 0 saturated carbocycles. The molecular formula is C16H20N4O4. The minimum atomic E-state index is -0.489. The lowest BCUT2D eigenvalue weighted by molar-refractivity contribution is -0.384. The van der Waals surface area contributed by atoms with Crippen molar-refractivity contribution in [2.75, 3.05) is 37.6 Å². The zero-order valence-electron chi connectivity index (χ0n) is 13.5. The molecule has 1 N–H and O–H groups in total. The van der Waals surface area contributed by atoms with Gasteiger partial charge in [0.1, 0.15) is 5.69 Å². The van der Waals surface area contributed by atoms with Gasteiger partial charge in [0.2, 0.25) is 5.91 Å². The van der Waals surface area contributed by atoms with Crippen molar-refractivity contribution in [1.82, 2.24) is 10.2 Å². The van der Waals surface area contributed by atoms with Crippen LogP contribution in [0.4, 0.5) is 11.4 Å². The van der Waals surface area contributed by atoms with Crippen LogP contribution in [0.25, 0.3) is 0 Å². The summed E-state index contributed by atoms with van der Waals surface area (Å²) in [6, 6.07) is 4.44. The predicted octanol–water partition coefficient (Wildman–Crippen LogP) is 1.18. The second-order valence-corrected chi connectivity index (χ2v) is 5.45. The third-order valence-electron chi connectivity index (χ3n) is 3.91. The van der Waals surface area contributed by atoms with Crippen molar-refractivity contribution in [2.24, 2.45) is 0 Å². The number of nitrogens with one attached hydrogen (secondary N) is 1. The maximum atomic E-state index is 11.9. The number of piperazine rings is 1. The Morgan fingerprint density at radius 2 is 2.00 bits per heavy atom. The van der Waals surface area contributed by atoms with Crippen molar-refractivity contribution in [2.45, 2.75) is 6.92 Å². The second kappa shape index (κ2) is 7.58. The van der Waals surface area contributed by atoms with E-state index in [1.165, 1.54) is 19.1 Å². The number of anilines is 1. The summed E-state index contributed by atoms with van der Waals surface area (Å²) in [5, 5.41) is 14.0. The van der Waals surface area contributed by atoms with E-state index in [2.05, 4.69) is 11.9 Å². The van der Waals surface area contributed by atoms with E-state index in [0.717, 1.165) is 0 Å². The Morgan fingerprint density at radius 1 is 1.33 bits per heavy atom. The van der Waals surface area contributed by atoms with Crippen LogP contribution in [0, 0.1) is 10.1 Å². The molecule has 8 nitrogen and oxygen atoms in total. The molecule has 2 rings (SSSR count).